The Kier molecular flexibility index (Phi) is 5.57. The average molecular weight is 375 g/mol. The number of carbonyl (C=O) groups excluding carboxylic acids is 2. The second-order valence-corrected chi connectivity index (χ2v) is 6.69. The lowest BCUT2D eigenvalue weighted by Crippen LogP contribution is -2.25. The number of halogens is 1. The molecule has 25 heavy (non-hydrogen) atoms. The molecule has 0 aliphatic heterocycles. The summed E-state index contributed by atoms with van der Waals surface area (Å²) in [5, 5.41) is 6.45. The van der Waals surface area contributed by atoms with E-state index >= 15 is 0 Å². The van der Waals surface area contributed by atoms with Crippen LogP contribution in [0, 0.1) is 0 Å². The van der Waals surface area contributed by atoms with Crippen LogP contribution in [0.15, 0.2) is 42.6 Å². The monoisotopic (exact) mass is 374 g/mol. The van der Waals surface area contributed by atoms with Crippen molar-refractivity contribution in [3.8, 4) is 0 Å². The van der Waals surface area contributed by atoms with Crippen LogP contribution in [0.1, 0.15) is 23.2 Å². The minimum atomic E-state index is -0.146. The molecule has 0 bridgehead atoms. The van der Waals surface area contributed by atoms with Crippen molar-refractivity contribution in [3.63, 3.8) is 0 Å². The van der Waals surface area contributed by atoms with E-state index in [0.717, 1.165) is 4.70 Å². The summed E-state index contributed by atoms with van der Waals surface area (Å²) in [5.41, 5.74) is 1.30. The van der Waals surface area contributed by atoms with Gasteiger partial charge < -0.3 is 10.6 Å². The number of carbonyl (C=O) groups is 2. The van der Waals surface area contributed by atoms with E-state index in [9.17, 15) is 9.59 Å². The third kappa shape index (κ3) is 4.74. The molecule has 0 radical (unpaired) electrons. The van der Waals surface area contributed by atoms with E-state index in [-0.39, 0.29) is 11.8 Å². The normalized spacial score (nSPS) is 10.6. The number of pyridine rings is 1. The summed E-state index contributed by atoms with van der Waals surface area (Å²) in [7, 11) is 0. The maximum Gasteiger partial charge on any atom is 0.251 e. The second kappa shape index (κ2) is 8.04. The van der Waals surface area contributed by atoms with Crippen molar-refractivity contribution >= 4 is 50.1 Å². The molecule has 0 saturated heterocycles. The lowest BCUT2D eigenvalue weighted by atomic mass is 10.2. The molecule has 1 aromatic carbocycles. The van der Waals surface area contributed by atoms with Gasteiger partial charge in [-0.3, -0.25) is 9.59 Å². The second-order valence-electron chi connectivity index (χ2n) is 5.27. The molecule has 128 valence electrons. The lowest BCUT2D eigenvalue weighted by molar-refractivity contribution is -0.116. The average Bonchev–Trinajstić information content (AvgIpc) is 3.00. The summed E-state index contributed by atoms with van der Waals surface area (Å²) >= 11 is 7.18. The molecular formula is C17H15ClN4O2S. The number of thiazole rings is 1. The molecule has 2 heterocycles. The van der Waals surface area contributed by atoms with Gasteiger partial charge in [0.2, 0.25) is 5.91 Å². The first kappa shape index (κ1) is 17.3. The molecule has 0 aliphatic rings. The van der Waals surface area contributed by atoms with Crippen LogP contribution in [-0.2, 0) is 4.79 Å². The van der Waals surface area contributed by atoms with Crippen molar-refractivity contribution in [3.05, 3.63) is 53.3 Å². The standard InChI is InChI=1S/C17H15ClN4O2S/c18-14-9-13-12(10-20-14)21-17(25-13)22-15(23)7-4-8-19-16(24)11-5-2-1-3-6-11/h1-3,5-6,9-10H,4,7-8H2,(H,19,24)(H,21,22,23). The molecule has 3 rings (SSSR count). The topological polar surface area (TPSA) is 84.0 Å². The van der Waals surface area contributed by atoms with Gasteiger partial charge in [-0.2, -0.15) is 0 Å². The summed E-state index contributed by atoms with van der Waals surface area (Å²) in [5.74, 6) is -0.288. The van der Waals surface area contributed by atoms with Crippen LogP contribution in [-0.4, -0.2) is 28.3 Å². The van der Waals surface area contributed by atoms with Gasteiger partial charge in [-0.05, 0) is 24.6 Å². The van der Waals surface area contributed by atoms with Gasteiger partial charge in [-0.1, -0.05) is 41.1 Å². The molecule has 0 fully saturated rings. The van der Waals surface area contributed by atoms with Crippen molar-refractivity contribution in [1.29, 1.82) is 0 Å². The third-order valence-electron chi connectivity index (χ3n) is 3.39. The molecule has 6 nitrogen and oxygen atoms in total. The van der Waals surface area contributed by atoms with Crippen LogP contribution >= 0.6 is 22.9 Å². The minimum Gasteiger partial charge on any atom is -0.352 e. The van der Waals surface area contributed by atoms with Gasteiger partial charge >= 0.3 is 0 Å². The zero-order valence-electron chi connectivity index (χ0n) is 13.2. The van der Waals surface area contributed by atoms with E-state index in [1.807, 2.05) is 18.2 Å². The van der Waals surface area contributed by atoms with E-state index < -0.39 is 0 Å². The highest BCUT2D eigenvalue weighted by molar-refractivity contribution is 7.22. The molecule has 0 spiro atoms. The first-order valence-electron chi connectivity index (χ1n) is 7.67. The Morgan fingerprint density at radius 1 is 1.20 bits per heavy atom. The summed E-state index contributed by atoms with van der Waals surface area (Å²) in [6.45, 7) is 0.431. The SMILES string of the molecule is O=C(CCCNC(=O)c1ccccc1)Nc1nc2cnc(Cl)cc2s1. The highest BCUT2D eigenvalue weighted by Crippen LogP contribution is 2.27. The van der Waals surface area contributed by atoms with Crippen molar-refractivity contribution in [1.82, 2.24) is 15.3 Å². The van der Waals surface area contributed by atoms with Gasteiger partial charge in [0.25, 0.3) is 5.91 Å². The van der Waals surface area contributed by atoms with Crippen LogP contribution in [0.3, 0.4) is 0 Å². The summed E-state index contributed by atoms with van der Waals surface area (Å²) in [6.07, 6.45) is 2.41. The third-order valence-corrected chi connectivity index (χ3v) is 4.53. The molecule has 0 atom stereocenters. The van der Waals surface area contributed by atoms with Crippen LogP contribution in [0.4, 0.5) is 5.13 Å². The van der Waals surface area contributed by atoms with Crippen LogP contribution in [0.2, 0.25) is 5.15 Å². The Labute approximate surface area is 153 Å². The molecule has 2 aromatic heterocycles. The minimum absolute atomic E-state index is 0.142. The molecule has 2 N–H and O–H groups in total. The molecule has 0 saturated carbocycles. The van der Waals surface area contributed by atoms with Gasteiger partial charge in [0.15, 0.2) is 5.13 Å². The Balaban J connectivity index is 1.44. The Hall–Kier alpha value is -2.51. The molecule has 2 amide bonds. The van der Waals surface area contributed by atoms with Crippen LogP contribution in [0.25, 0.3) is 10.2 Å². The quantitative estimate of drug-likeness (QED) is 0.511. The van der Waals surface area contributed by atoms with Crippen molar-refractivity contribution in [2.75, 3.05) is 11.9 Å². The van der Waals surface area contributed by atoms with Gasteiger partial charge in [0.05, 0.1) is 10.9 Å². The number of amides is 2. The highest BCUT2D eigenvalue weighted by atomic mass is 35.5. The Morgan fingerprint density at radius 3 is 2.80 bits per heavy atom. The number of rotatable bonds is 6. The van der Waals surface area contributed by atoms with Crippen molar-refractivity contribution in [2.24, 2.45) is 0 Å². The van der Waals surface area contributed by atoms with Gasteiger partial charge in [-0.15, -0.1) is 0 Å². The number of fused-ring (bicyclic) bond motifs is 1. The molecule has 3 aromatic rings. The largest absolute Gasteiger partial charge is 0.352 e. The van der Waals surface area contributed by atoms with Gasteiger partial charge in [0.1, 0.15) is 10.7 Å². The number of hydrogen-bond acceptors (Lipinski definition) is 5. The molecule has 0 aliphatic carbocycles. The zero-order chi connectivity index (χ0) is 17.6. The van der Waals surface area contributed by atoms with Crippen LogP contribution < -0.4 is 10.6 Å². The highest BCUT2D eigenvalue weighted by Gasteiger charge is 2.09. The number of benzene rings is 1. The predicted molar refractivity (Wildman–Crippen MR) is 99.1 cm³/mol. The first-order chi connectivity index (χ1) is 12.1. The fourth-order valence-corrected chi connectivity index (χ4v) is 3.30. The van der Waals surface area contributed by atoms with Gasteiger partial charge in [0, 0.05) is 18.5 Å². The Morgan fingerprint density at radius 2 is 2.00 bits per heavy atom. The fraction of sp³-hybridized carbons (Fsp3) is 0.176. The number of nitrogens with zero attached hydrogens (tertiary/aromatic N) is 2. The smallest absolute Gasteiger partial charge is 0.251 e. The maximum absolute atomic E-state index is 12.0. The fourth-order valence-electron chi connectivity index (χ4n) is 2.19. The number of aromatic nitrogens is 2. The zero-order valence-corrected chi connectivity index (χ0v) is 14.7. The first-order valence-corrected chi connectivity index (χ1v) is 8.86. The van der Waals surface area contributed by atoms with E-state index in [2.05, 4.69) is 20.6 Å². The number of nitrogens with one attached hydrogen (secondary N) is 2. The maximum atomic E-state index is 12.0. The summed E-state index contributed by atoms with van der Waals surface area (Å²) < 4.78 is 0.866. The molecule has 0 unspecified atom stereocenters. The summed E-state index contributed by atoms with van der Waals surface area (Å²) in [6, 6.07) is 10.7. The molecule has 8 heteroatoms. The van der Waals surface area contributed by atoms with Crippen LogP contribution in [0.5, 0.6) is 0 Å². The van der Waals surface area contributed by atoms with Gasteiger partial charge in [-0.25, -0.2) is 9.97 Å². The number of anilines is 1. The Bertz CT molecular complexity index is 898. The predicted octanol–water partition coefficient (Wildman–Crippen LogP) is 3.49. The van der Waals surface area contributed by atoms with E-state index in [1.165, 1.54) is 11.3 Å². The van der Waals surface area contributed by atoms with E-state index in [0.29, 0.717) is 40.8 Å². The lowest BCUT2D eigenvalue weighted by Gasteiger charge is -2.05. The summed E-state index contributed by atoms with van der Waals surface area (Å²) in [4.78, 5) is 32.1. The molecular weight excluding hydrogens is 360 g/mol. The van der Waals surface area contributed by atoms with Crippen molar-refractivity contribution < 1.29 is 9.59 Å². The van der Waals surface area contributed by atoms with E-state index in [1.54, 1.807) is 24.4 Å². The van der Waals surface area contributed by atoms with E-state index in [4.69, 9.17) is 11.6 Å². The van der Waals surface area contributed by atoms with Crippen molar-refractivity contribution in [2.45, 2.75) is 12.8 Å². The number of hydrogen-bond donors (Lipinski definition) is 2.